The summed E-state index contributed by atoms with van der Waals surface area (Å²) >= 11 is 0. The van der Waals surface area contributed by atoms with E-state index in [0.29, 0.717) is 29.8 Å². The zero-order valence-corrected chi connectivity index (χ0v) is 24.6. The molecule has 0 radical (unpaired) electrons. The third kappa shape index (κ3) is 4.24. The number of amides is 1. The quantitative estimate of drug-likeness (QED) is 0.287. The van der Waals surface area contributed by atoms with Gasteiger partial charge in [0.2, 0.25) is 0 Å². The van der Waals surface area contributed by atoms with Gasteiger partial charge in [-0.1, -0.05) is 31.2 Å². The lowest BCUT2D eigenvalue weighted by Crippen LogP contribution is -2.46. The second kappa shape index (κ2) is 9.99. The van der Waals surface area contributed by atoms with Gasteiger partial charge in [0.25, 0.3) is 11.5 Å². The van der Waals surface area contributed by atoms with Crippen molar-refractivity contribution in [2.75, 3.05) is 18.6 Å². The zero-order valence-electron chi connectivity index (χ0n) is 23.6. The fourth-order valence-electron chi connectivity index (χ4n) is 6.91. The smallest absolute Gasteiger partial charge is 0.279 e. The van der Waals surface area contributed by atoms with Crippen LogP contribution in [0.4, 0.5) is 5.69 Å². The summed E-state index contributed by atoms with van der Waals surface area (Å²) in [6.07, 6.45) is -0.104. The van der Waals surface area contributed by atoms with Crippen molar-refractivity contribution in [2.24, 2.45) is 5.92 Å². The number of para-hydroxylation sites is 1. The predicted molar refractivity (Wildman–Crippen MR) is 159 cm³/mol. The number of rotatable bonds is 7. The summed E-state index contributed by atoms with van der Waals surface area (Å²) in [4.78, 5) is 40.3. The van der Waals surface area contributed by atoms with E-state index < -0.39 is 20.0 Å². The molecule has 4 atom stereocenters. The fraction of sp³-hybridized carbons (Fsp3) is 0.355. The standard InChI is InChI=1S/C31H35N3O6Si/c1-19-28(41(3,4)38)27(15-16-35)40-31(19)24-17-22(39-2)13-14-26(24)33(30(31)37)18-20-9-11-21(12-10-20)34-29(36)23-7-5-6-8-25(23)32-34/h5-14,17,19,27-28,32,35,38H,15-16,18H2,1-4H3/t19-,27+,28-,31+/m1/s1. The lowest BCUT2D eigenvalue weighted by Gasteiger charge is -2.32. The predicted octanol–water partition coefficient (Wildman–Crippen LogP) is 4.05. The van der Waals surface area contributed by atoms with Crippen LogP contribution in [0.5, 0.6) is 5.75 Å². The molecule has 4 aromatic rings. The van der Waals surface area contributed by atoms with Gasteiger partial charge in [0.05, 0.1) is 42.0 Å². The Morgan fingerprint density at radius 3 is 2.46 bits per heavy atom. The summed E-state index contributed by atoms with van der Waals surface area (Å²) in [5, 5.41) is 13.6. The largest absolute Gasteiger partial charge is 0.497 e. The minimum Gasteiger partial charge on any atom is -0.497 e. The molecular weight excluding hydrogens is 538 g/mol. The summed E-state index contributed by atoms with van der Waals surface area (Å²) < 4.78 is 13.7. The number of aromatic nitrogens is 2. The van der Waals surface area contributed by atoms with Crippen LogP contribution in [0, 0.1) is 5.92 Å². The van der Waals surface area contributed by atoms with E-state index in [1.165, 1.54) is 4.68 Å². The molecule has 0 bridgehead atoms. The molecule has 6 rings (SSSR count). The highest BCUT2D eigenvalue weighted by Crippen LogP contribution is 2.60. The number of hydrogen-bond acceptors (Lipinski definition) is 6. The van der Waals surface area contributed by atoms with Crippen LogP contribution in [0.1, 0.15) is 24.5 Å². The van der Waals surface area contributed by atoms with Crippen LogP contribution in [0.15, 0.2) is 71.5 Å². The van der Waals surface area contributed by atoms with Gasteiger partial charge in [0.15, 0.2) is 13.9 Å². The van der Waals surface area contributed by atoms with Crippen molar-refractivity contribution < 1.29 is 24.2 Å². The maximum Gasteiger partial charge on any atom is 0.279 e. The maximum absolute atomic E-state index is 14.4. The highest BCUT2D eigenvalue weighted by atomic mass is 28.4. The summed E-state index contributed by atoms with van der Waals surface area (Å²) in [7, 11) is -1.19. The number of aromatic amines is 1. The molecule has 0 saturated carbocycles. The number of carbonyl (C=O) groups is 1. The number of hydrogen-bond donors (Lipinski definition) is 3. The molecule has 0 aliphatic carbocycles. The average Bonchev–Trinajstić information content (AvgIpc) is 3.53. The number of aliphatic hydroxyl groups excluding tert-OH is 1. The number of fused-ring (bicyclic) bond motifs is 3. The number of carbonyl (C=O) groups excluding carboxylic acids is 1. The first-order valence-electron chi connectivity index (χ1n) is 13.9. The molecule has 214 valence electrons. The van der Waals surface area contributed by atoms with Crippen molar-refractivity contribution in [3.05, 3.63) is 88.2 Å². The Morgan fingerprint density at radius 1 is 1.07 bits per heavy atom. The first-order valence-corrected chi connectivity index (χ1v) is 16.9. The Kier molecular flexibility index (Phi) is 6.69. The van der Waals surface area contributed by atoms with Gasteiger partial charge in [-0.25, -0.2) is 4.68 Å². The molecule has 0 unspecified atom stereocenters. The van der Waals surface area contributed by atoms with Gasteiger partial charge in [0.1, 0.15) is 5.75 Å². The topological polar surface area (TPSA) is 117 Å². The molecule has 1 spiro atoms. The Bertz CT molecular complexity index is 1670. The number of methoxy groups -OCH3 is 1. The minimum absolute atomic E-state index is 0.0941. The number of aliphatic hydroxyl groups is 1. The molecule has 1 fully saturated rings. The normalized spacial score (nSPS) is 24.0. The van der Waals surface area contributed by atoms with E-state index in [2.05, 4.69) is 5.10 Å². The Morgan fingerprint density at radius 2 is 1.80 bits per heavy atom. The Labute approximate surface area is 239 Å². The molecular formula is C31H35N3O6Si. The average molecular weight is 574 g/mol. The molecule has 2 aliphatic heterocycles. The number of H-pyrrole nitrogens is 1. The first-order chi connectivity index (χ1) is 19.6. The Balaban J connectivity index is 1.37. The van der Waals surface area contributed by atoms with E-state index in [1.54, 1.807) is 18.1 Å². The monoisotopic (exact) mass is 573 g/mol. The lowest BCUT2D eigenvalue weighted by atomic mass is 9.82. The van der Waals surface area contributed by atoms with Gasteiger partial charge in [-0.2, -0.15) is 0 Å². The molecule has 3 N–H and O–H groups in total. The van der Waals surface area contributed by atoms with Crippen molar-refractivity contribution in [3.63, 3.8) is 0 Å². The van der Waals surface area contributed by atoms with Gasteiger partial charge in [-0.3, -0.25) is 14.7 Å². The van der Waals surface area contributed by atoms with Gasteiger partial charge < -0.3 is 24.3 Å². The maximum atomic E-state index is 14.4. The molecule has 1 aromatic heterocycles. The highest BCUT2D eigenvalue weighted by molar-refractivity contribution is 6.71. The SMILES string of the molecule is COc1ccc2c(c1)[C@]1(O[C@@H](CCO)[C@H]([Si](C)(C)O)[C@H]1C)C(=O)N2Cc1ccc(-n2[nH]c3ccccc3c2=O)cc1. The van der Waals surface area contributed by atoms with E-state index in [4.69, 9.17) is 9.47 Å². The number of benzene rings is 3. The van der Waals surface area contributed by atoms with Crippen LogP contribution in [0.2, 0.25) is 18.6 Å². The van der Waals surface area contributed by atoms with E-state index in [9.17, 15) is 19.5 Å². The van der Waals surface area contributed by atoms with Crippen molar-refractivity contribution in [3.8, 4) is 11.4 Å². The molecule has 41 heavy (non-hydrogen) atoms. The second-order valence-corrected chi connectivity index (χ2v) is 15.6. The number of anilines is 1. The van der Waals surface area contributed by atoms with Gasteiger partial charge in [-0.05, 0) is 67.5 Å². The minimum atomic E-state index is -2.77. The fourth-order valence-corrected chi connectivity index (χ4v) is 9.51. The second-order valence-electron chi connectivity index (χ2n) is 11.6. The zero-order chi connectivity index (χ0) is 29.1. The van der Waals surface area contributed by atoms with Crippen molar-refractivity contribution in [1.82, 2.24) is 9.78 Å². The van der Waals surface area contributed by atoms with E-state index in [-0.39, 0.29) is 29.5 Å². The highest BCUT2D eigenvalue weighted by Gasteiger charge is 2.66. The van der Waals surface area contributed by atoms with Crippen molar-refractivity contribution >= 4 is 30.8 Å². The molecule has 3 heterocycles. The molecule has 3 aromatic carbocycles. The summed E-state index contributed by atoms with van der Waals surface area (Å²) in [5.74, 6) is 0.113. The van der Waals surface area contributed by atoms with Crippen LogP contribution >= 0.6 is 0 Å². The van der Waals surface area contributed by atoms with E-state index >= 15 is 0 Å². The Hall–Kier alpha value is -3.70. The van der Waals surface area contributed by atoms with Crippen LogP contribution in [0.25, 0.3) is 16.6 Å². The summed E-state index contributed by atoms with van der Waals surface area (Å²) in [6.45, 7) is 5.91. The third-order valence-corrected chi connectivity index (χ3v) is 11.2. The van der Waals surface area contributed by atoms with Gasteiger partial charge >= 0.3 is 0 Å². The molecule has 10 heteroatoms. The molecule has 1 saturated heterocycles. The third-order valence-electron chi connectivity index (χ3n) is 8.73. The number of ether oxygens (including phenoxy) is 2. The molecule has 1 amide bonds. The first kappa shape index (κ1) is 27.5. The summed E-state index contributed by atoms with van der Waals surface area (Å²) in [5.41, 5.74) is 2.14. The van der Waals surface area contributed by atoms with Crippen LogP contribution in [-0.2, 0) is 21.7 Å². The summed E-state index contributed by atoms with van der Waals surface area (Å²) in [6, 6.07) is 20.5. The number of nitrogens with zero attached hydrogens (tertiary/aromatic N) is 2. The molecule has 2 aliphatic rings. The number of nitrogens with one attached hydrogen (secondary N) is 1. The van der Waals surface area contributed by atoms with Gasteiger partial charge in [0, 0.05) is 23.6 Å². The van der Waals surface area contributed by atoms with Crippen LogP contribution in [0.3, 0.4) is 0 Å². The van der Waals surface area contributed by atoms with Crippen molar-refractivity contribution in [1.29, 1.82) is 0 Å². The van der Waals surface area contributed by atoms with E-state index in [1.807, 2.05) is 80.7 Å². The molecule has 9 nitrogen and oxygen atoms in total. The van der Waals surface area contributed by atoms with Crippen molar-refractivity contribution in [2.45, 2.75) is 50.2 Å². The van der Waals surface area contributed by atoms with Crippen LogP contribution < -0.4 is 15.2 Å². The lowest BCUT2D eigenvalue weighted by molar-refractivity contribution is -0.146. The van der Waals surface area contributed by atoms with Crippen LogP contribution in [-0.4, -0.2) is 53.7 Å². The van der Waals surface area contributed by atoms with Gasteiger partial charge in [-0.15, -0.1) is 0 Å². The van der Waals surface area contributed by atoms with E-state index in [0.717, 1.165) is 22.3 Å².